The van der Waals surface area contributed by atoms with Crippen molar-refractivity contribution in [3.63, 3.8) is 0 Å². The summed E-state index contributed by atoms with van der Waals surface area (Å²) in [5, 5.41) is 11.6. The number of aliphatic carboxylic acids is 1. The Kier molecular flexibility index (Phi) is 6.70. The van der Waals surface area contributed by atoms with Gasteiger partial charge in [-0.15, -0.1) is 0 Å². The largest absolute Gasteiger partial charge is 0.481 e. The summed E-state index contributed by atoms with van der Waals surface area (Å²) in [5.74, 6) is -1.45. The van der Waals surface area contributed by atoms with Crippen molar-refractivity contribution in [3.8, 4) is 0 Å². The van der Waals surface area contributed by atoms with E-state index in [2.05, 4.69) is 10.3 Å². The molecule has 0 fully saturated rings. The number of alkyl halides is 3. The van der Waals surface area contributed by atoms with Gasteiger partial charge in [-0.05, 0) is 37.1 Å². The van der Waals surface area contributed by atoms with Crippen molar-refractivity contribution in [1.82, 2.24) is 14.1 Å². The molecule has 3 aromatic rings. The lowest BCUT2D eigenvalue weighted by atomic mass is 10.1. The molecular weight excluding hydrogens is 441 g/mol. The van der Waals surface area contributed by atoms with Crippen LogP contribution in [0.3, 0.4) is 0 Å². The maximum absolute atomic E-state index is 13.3. The van der Waals surface area contributed by atoms with Gasteiger partial charge in [0.1, 0.15) is 0 Å². The Morgan fingerprint density at radius 2 is 1.73 bits per heavy atom. The topological polar surface area (TPSA) is 106 Å². The second-order valence-electron chi connectivity index (χ2n) is 7.47. The number of halogens is 3. The van der Waals surface area contributed by atoms with Crippen LogP contribution in [0.2, 0.25) is 0 Å². The van der Waals surface area contributed by atoms with Crippen molar-refractivity contribution in [3.05, 3.63) is 85.7 Å². The standard InChI is InChI=1S/C22H21F3N4O4/c1-13-6-8-15(9-7-13)12-29-19(27-20(32)28(21(29)33)11-10-18(30)31)26-17-5-3-4-16(14(17)2)22(23,24)25/h3-9H,10-12H2,1-2H3,(H,30,31)(H,26,27,32). The van der Waals surface area contributed by atoms with Crippen molar-refractivity contribution in [2.75, 3.05) is 5.32 Å². The third-order valence-corrected chi connectivity index (χ3v) is 5.05. The third kappa shape index (κ3) is 5.48. The number of nitrogens with one attached hydrogen (secondary N) is 1. The molecular formula is C22H21F3N4O4. The first-order chi connectivity index (χ1) is 15.5. The van der Waals surface area contributed by atoms with Crippen molar-refractivity contribution in [1.29, 1.82) is 0 Å². The highest BCUT2D eigenvalue weighted by Gasteiger charge is 2.33. The predicted octanol–water partition coefficient (Wildman–Crippen LogP) is 3.31. The molecule has 8 nitrogen and oxygen atoms in total. The average Bonchev–Trinajstić information content (AvgIpc) is 2.72. The molecule has 0 aliphatic heterocycles. The van der Waals surface area contributed by atoms with E-state index in [0.29, 0.717) is 10.1 Å². The summed E-state index contributed by atoms with van der Waals surface area (Å²) in [6.07, 6.45) is -5.06. The minimum Gasteiger partial charge on any atom is -0.481 e. The van der Waals surface area contributed by atoms with Crippen molar-refractivity contribution >= 4 is 17.6 Å². The van der Waals surface area contributed by atoms with Crippen LogP contribution in [0.1, 0.15) is 28.7 Å². The van der Waals surface area contributed by atoms with E-state index in [1.165, 1.54) is 19.1 Å². The SMILES string of the molecule is Cc1ccc(Cn2c(Nc3cccc(C(F)(F)F)c3C)nc(=O)n(CCC(=O)O)c2=O)cc1. The maximum Gasteiger partial charge on any atom is 0.416 e. The van der Waals surface area contributed by atoms with Crippen LogP contribution in [0.5, 0.6) is 0 Å². The molecule has 0 aliphatic carbocycles. The molecule has 1 heterocycles. The van der Waals surface area contributed by atoms with E-state index in [1.807, 2.05) is 19.1 Å². The first kappa shape index (κ1) is 23.8. The summed E-state index contributed by atoms with van der Waals surface area (Å²) >= 11 is 0. The number of anilines is 2. The van der Waals surface area contributed by atoms with Gasteiger partial charge in [0, 0.05) is 12.2 Å². The number of aromatic nitrogens is 3. The lowest BCUT2D eigenvalue weighted by Crippen LogP contribution is -2.43. The quantitative estimate of drug-likeness (QED) is 0.558. The number of hydrogen-bond acceptors (Lipinski definition) is 5. The van der Waals surface area contributed by atoms with E-state index in [4.69, 9.17) is 5.11 Å². The summed E-state index contributed by atoms with van der Waals surface area (Å²) in [6, 6.07) is 10.7. The van der Waals surface area contributed by atoms with Gasteiger partial charge in [-0.3, -0.25) is 9.36 Å². The molecule has 0 radical (unpaired) electrons. The van der Waals surface area contributed by atoms with Gasteiger partial charge in [-0.1, -0.05) is 35.9 Å². The van der Waals surface area contributed by atoms with Gasteiger partial charge >= 0.3 is 23.5 Å². The Labute approximate surface area is 186 Å². The van der Waals surface area contributed by atoms with E-state index in [9.17, 15) is 27.6 Å². The van der Waals surface area contributed by atoms with Gasteiger partial charge in [-0.25, -0.2) is 14.2 Å². The Hall–Kier alpha value is -3.89. The molecule has 0 unspecified atom stereocenters. The molecule has 0 bridgehead atoms. The van der Waals surface area contributed by atoms with Crippen molar-refractivity contribution in [2.45, 2.75) is 39.5 Å². The number of hydrogen-bond donors (Lipinski definition) is 2. The Morgan fingerprint density at radius 1 is 1.06 bits per heavy atom. The molecule has 33 heavy (non-hydrogen) atoms. The van der Waals surface area contributed by atoms with Crippen LogP contribution in [0.15, 0.2) is 52.1 Å². The molecule has 3 rings (SSSR count). The summed E-state index contributed by atoms with van der Waals surface area (Å²) < 4.78 is 41.7. The zero-order valence-electron chi connectivity index (χ0n) is 17.8. The second kappa shape index (κ2) is 9.31. The Bertz CT molecular complexity index is 1290. The molecule has 11 heteroatoms. The smallest absolute Gasteiger partial charge is 0.416 e. The maximum atomic E-state index is 13.3. The van der Waals surface area contributed by atoms with Crippen LogP contribution in [0.4, 0.5) is 24.8 Å². The number of carboxylic acids is 1. The number of nitrogens with zero attached hydrogens (tertiary/aromatic N) is 3. The zero-order chi connectivity index (χ0) is 24.3. The van der Waals surface area contributed by atoms with E-state index in [0.717, 1.165) is 16.2 Å². The molecule has 0 atom stereocenters. The highest BCUT2D eigenvalue weighted by molar-refractivity contribution is 5.66. The number of rotatable bonds is 7. The number of carboxylic acid groups (broad SMARTS) is 1. The number of benzene rings is 2. The highest BCUT2D eigenvalue weighted by Crippen LogP contribution is 2.35. The highest BCUT2D eigenvalue weighted by atomic mass is 19.4. The average molecular weight is 462 g/mol. The molecule has 0 aliphatic rings. The molecule has 1 aromatic heterocycles. The predicted molar refractivity (Wildman–Crippen MR) is 115 cm³/mol. The van der Waals surface area contributed by atoms with Gasteiger partial charge in [0.05, 0.1) is 18.5 Å². The summed E-state index contributed by atoms with van der Waals surface area (Å²) in [7, 11) is 0. The van der Waals surface area contributed by atoms with Crippen molar-refractivity contribution < 1.29 is 23.1 Å². The zero-order valence-corrected chi connectivity index (χ0v) is 17.8. The molecule has 174 valence electrons. The fourth-order valence-electron chi connectivity index (χ4n) is 3.24. The van der Waals surface area contributed by atoms with E-state index < -0.39 is 42.1 Å². The Morgan fingerprint density at radius 3 is 2.33 bits per heavy atom. The summed E-state index contributed by atoms with van der Waals surface area (Å²) in [4.78, 5) is 40.3. The van der Waals surface area contributed by atoms with E-state index in [-0.39, 0.29) is 23.7 Å². The van der Waals surface area contributed by atoms with Crippen LogP contribution in [0.25, 0.3) is 0 Å². The summed E-state index contributed by atoms with van der Waals surface area (Å²) in [5.41, 5.74) is -1.15. The van der Waals surface area contributed by atoms with Gasteiger partial charge < -0.3 is 10.4 Å². The second-order valence-corrected chi connectivity index (χ2v) is 7.47. The number of aryl methyl sites for hydroxylation is 1. The monoisotopic (exact) mass is 462 g/mol. The van der Waals surface area contributed by atoms with Crippen LogP contribution in [-0.2, 0) is 24.1 Å². The fourth-order valence-corrected chi connectivity index (χ4v) is 3.24. The van der Waals surface area contributed by atoms with Crippen LogP contribution < -0.4 is 16.7 Å². The molecule has 2 aromatic carbocycles. The normalized spacial score (nSPS) is 11.4. The van der Waals surface area contributed by atoms with Crippen LogP contribution >= 0.6 is 0 Å². The summed E-state index contributed by atoms with van der Waals surface area (Å²) in [6.45, 7) is 2.71. The van der Waals surface area contributed by atoms with Gasteiger partial charge in [0.15, 0.2) is 0 Å². The van der Waals surface area contributed by atoms with Gasteiger partial charge in [0.2, 0.25) is 5.95 Å². The molecule has 0 saturated heterocycles. The van der Waals surface area contributed by atoms with Crippen molar-refractivity contribution in [2.24, 2.45) is 0 Å². The van der Waals surface area contributed by atoms with Crippen LogP contribution in [0, 0.1) is 13.8 Å². The van der Waals surface area contributed by atoms with E-state index >= 15 is 0 Å². The first-order valence-corrected chi connectivity index (χ1v) is 9.90. The minimum absolute atomic E-state index is 0.0251. The molecule has 0 spiro atoms. The third-order valence-electron chi connectivity index (χ3n) is 5.05. The van der Waals surface area contributed by atoms with E-state index in [1.54, 1.807) is 12.1 Å². The Balaban J connectivity index is 2.12. The minimum atomic E-state index is -4.59. The first-order valence-electron chi connectivity index (χ1n) is 9.90. The fraction of sp³-hybridized carbons (Fsp3) is 0.273. The van der Waals surface area contributed by atoms with Crippen LogP contribution in [-0.4, -0.2) is 25.2 Å². The number of carbonyl (C=O) groups is 1. The molecule has 0 amide bonds. The molecule has 0 saturated carbocycles. The van der Waals surface area contributed by atoms with Gasteiger partial charge in [-0.2, -0.15) is 18.2 Å². The lowest BCUT2D eigenvalue weighted by molar-refractivity contribution is -0.138. The van der Waals surface area contributed by atoms with Gasteiger partial charge in [0.25, 0.3) is 0 Å². The molecule has 2 N–H and O–H groups in total. The lowest BCUT2D eigenvalue weighted by Gasteiger charge is -2.18.